The Hall–Kier alpha value is -1.59. The van der Waals surface area contributed by atoms with Crippen molar-refractivity contribution in [2.45, 2.75) is 26.3 Å². The third-order valence-electron chi connectivity index (χ3n) is 2.98. The monoisotopic (exact) mass is 313 g/mol. The van der Waals surface area contributed by atoms with Gasteiger partial charge in [0.15, 0.2) is 0 Å². The van der Waals surface area contributed by atoms with Gasteiger partial charge in [0.05, 0.1) is 0 Å². The number of carbonyl (C=O) groups is 2. The average molecular weight is 314 g/mol. The summed E-state index contributed by atoms with van der Waals surface area (Å²) in [5.41, 5.74) is 1.00. The van der Waals surface area contributed by atoms with Gasteiger partial charge in [0.25, 0.3) is 11.8 Å². The molecule has 21 heavy (non-hydrogen) atoms. The summed E-state index contributed by atoms with van der Waals surface area (Å²) < 4.78 is 0. The first-order chi connectivity index (χ1) is 9.58. The van der Waals surface area contributed by atoms with Crippen LogP contribution in [-0.2, 0) is 0 Å². The van der Waals surface area contributed by atoms with Crippen LogP contribution in [-0.4, -0.2) is 38.0 Å². The lowest BCUT2D eigenvalue weighted by atomic mass is 10.1. The summed E-state index contributed by atoms with van der Waals surface area (Å²) in [4.78, 5) is 23.8. The molecule has 0 radical (unpaired) electrons. The number of halogens is 1. The van der Waals surface area contributed by atoms with Gasteiger partial charge in [-0.1, -0.05) is 13.0 Å². The van der Waals surface area contributed by atoms with Crippen molar-refractivity contribution in [3.63, 3.8) is 0 Å². The van der Waals surface area contributed by atoms with Crippen LogP contribution in [0, 0.1) is 0 Å². The van der Waals surface area contributed by atoms with E-state index in [1.807, 2.05) is 20.9 Å². The number of hydrogen-bond donors (Lipinski definition) is 3. The Kier molecular flexibility index (Phi) is 9.41. The Balaban J connectivity index is 0.00000400. The lowest BCUT2D eigenvalue weighted by Gasteiger charge is -2.12. The van der Waals surface area contributed by atoms with E-state index in [1.54, 1.807) is 24.3 Å². The van der Waals surface area contributed by atoms with Crippen LogP contribution < -0.4 is 16.0 Å². The lowest BCUT2D eigenvalue weighted by Crippen LogP contribution is -2.37. The van der Waals surface area contributed by atoms with Gasteiger partial charge in [-0.15, -0.1) is 12.4 Å². The van der Waals surface area contributed by atoms with Crippen molar-refractivity contribution in [1.82, 2.24) is 16.0 Å². The first-order valence-electron chi connectivity index (χ1n) is 6.92. The minimum absolute atomic E-state index is 0. The van der Waals surface area contributed by atoms with Gasteiger partial charge < -0.3 is 16.0 Å². The Morgan fingerprint density at radius 3 is 2.24 bits per heavy atom. The van der Waals surface area contributed by atoms with Crippen LogP contribution in [0.2, 0.25) is 0 Å². The summed E-state index contributed by atoms with van der Waals surface area (Å²) in [6.07, 6.45) is 0.883. The predicted molar refractivity (Wildman–Crippen MR) is 87.2 cm³/mol. The Morgan fingerprint density at radius 2 is 1.71 bits per heavy atom. The molecule has 0 fully saturated rings. The summed E-state index contributed by atoms with van der Waals surface area (Å²) >= 11 is 0. The topological polar surface area (TPSA) is 70.2 Å². The maximum atomic E-state index is 12.0. The predicted octanol–water partition coefficient (Wildman–Crippen LogP) is 1.59. The Bertz CT molecular complexity index is 466. The second-order valence-corrected chi connectivity index (χ2v) is 4.74. The average Bonchev–Trinajstić information content (AvgIpc) is 2.49. The van der Waals surface area contributed by atoms with Crippen LogP contribution in [0.4, 0.5) is 0 Å². The molecular weight excluding hydrogens is 290 g/mol. The smallest absolute Gasteiger partial charge is 0.251 e. The van der Waals surface area contributed by atoms with E-state index in [0.29, 0.717) is 24.2 Å². The number of hydrogen-bond acceptors (Lipinski definition) is 3. The summed E-state index contributed by atoms with van der Waals surface area (Å²) in [7, 11) is 1.84. The summed E-state index contributed by atoms with van der Waals surface area (Å²) in [5, 5.41) is 8.66. The first kappa shape index (κ1) is 19.4. The highest BCUT2D eigenvalue weighted by Crippen LogP contribution is 2.05. The molecule has 1 aromatic carbocycles. The molecule has 6 heteroatoms. The first-order valence-corrected chi connectivity index (χ1v) is 6.92. The van der Waals surface area contributed by atoms with Crippen molar-refractivity contribution in [1.29, 1.82) is 0 Å². The van der Waals surface area contributed by atoms with Crippen LogP contribution in [0.1, 0.15) is 41.0 Å². The molecule has 5 nitrogen and oxygen atoms in total. The molecule has 1 unspecified atom stereocenters. The summed E-state index contributed by atoms with van der Waals surface area (Å²) in [6.45, 7) is 5.15. The highest BCUT2D eigenvalue weighted by atomic mass is 35.5. The normalized spacial score (nSPS) is 11.2. The third-order valence-corrected chi connectivity index (χ3v) is 2.98. The van der Waals surface area contributed by atoms with E-state index < -0.39 is 0 Å². The van der Waals surface area contributed by atoms with E-state index in [2.05, 4.69) is 16.0 Å². The highest BCUT2D eigenvalue weighted by molar-refractivity contribution is 5.99. The molecular formula is C15H24ClN3O2. The SMILES string of the molecule is CCCNC(=O)c1cccc(C(=O)NCC(C)NC)c1.Cl. The van der Waals surface area contributed by atoms with Gasteiger partial charge in [0, 0.05) is 30.3 Å². The summed E-state index contributed by atoms with van der Waals surface area (Å²) in [6, 6.07) is 6.95. The number of likely N-dealkylation sites (N-methyl/N-ethyl adjacent to an activating group) is 1. The van der Waals surface area contributed by atoms with E-state index in [1.165, 1.54) is 0 Å². The van der Waals surface area contributed by atoms with Gasteiger partial charge in [0.1, 0.15) is 0 Å². The molecule has 0 saturated heterocycles. The van der Waals surface area contributed by atoms with Crippen LogP contribution in [0.5, 0.6) is 0 Å². The molecule has 0 bridgehead atoms. The maximum Gasteiger partial charge on any atom is 0.251 e. The fourth-order valence-corrected chi connectivity index (χ4v) is 1.59. The van der Waals surface area contributed by atoms with E-state index in [9.17, 15) is 9.59 Å². The van der Waals surface area contributed by atoms with Crippen LogP contribution in [0.25, 0.3) is 0 Å². The van der Waals surface area contributed by atoms with Crippen molar-refractivity contribution in [2.24, 2.45) is 0 Å². The van der Waals surface area contributed by atoms with Gasteiger partial charge in [-0.05, 0) is 38.6 Å². The number of nitrogens with one attached hydrogen (secondary N) is 3. The molecule has 0 aliphatic carbocycles. The van der Waals surface area contributed by atoms with Gasteiger partial charge >= 0.3 is 0 Å². The minimum atomic E-state index is -0.169. The van der Waals surface area contributed by atoms with Crippen LogP contribution >= 0.6 is 12.4 Å². The number of benzene rings is 1. The second kappa shape index (κ2) is 10.2. The molecule has 0 heterocycles. The fourth-order valence-electron chi connectivity index (χ4n) is 1.59. The van der Waals surface area contributed by atoms with Crippen LogP contribution in [0.15, 0.2) is 24.3 Å². The highest BCUT2D eigenvalue weighted by Gasteiger charge is 2.10. The van der Waals surface area contributed by atoms with Crippen molar-refractivity contribution in [2.75, 3.05) is 20.1 Å². The molecule has 0 aromatic heterocycles. The molecule has 3 N–H and O–H groups in total. The maximum absolute atomic E-state index is 12.0. The second-order valence-electron chi connectivity index (χ2n) is 4.74. The zero-order chi connectivity index (χ0) is 15.0. The van der Waals surface area contributed by atoms with Crippen molar-refractivity contribution < 1.29 is 9.59 Å². The largest absolute Gasteiger partial charge is 0.352 e. The van der Waals surface area contributed by atoms with E-state index in [0.717, 1.165) is 6.42 Å². The van der Waals surface area contributed by atoms with Crippen molar-refractivity contribution in [3.05, 3.63) is 35.4 Å². The van der Waals surface area contributed by atoms with Gasteiger partial charge in [0.2, 0.25) is 0 Å². The van der Waals surface area contributed by atoms with E-state index in [-0.39, 0.29) is 30.3 Å². The molecule has 1 rings (SSSR count). The zero-order valence-corrected chi connectivity index (χ0v) is 13.5. The lowest BCUT2D eigenvalue weighted by molar-refractivity contribution is 0.0950. The molecule has 0 aliphatic heterocycles. The number of amides is 2. The molecule has 0 spiro atoms. The fraction of sp³-hybridized carbons (Fsp3) is 0.467. The van der Waals surface area contributed by atoms with Gasteiger partial charge in [-0.25, -0.2) is 0 Å². The minimum Gasteiger partial charge on any atom is -0.352 e. The molecule has 2 amide bonds. The quantitative estimate of drug-likeness (QED) is 0.716. The summed E-state index contributed by atoms with van der Waals surface area (Å²) in [5.74, 6) is -0.317. The molecule has 1 atom stereocenters. The Morgan fingerprint density at radius 1 is 1.14 bits per heavy atom. The number of rotatable bonds is 7. The van der Waals surface area contributed by atoms with Gasteiger partial charge in [-0.2, -0.15) is 0 Å². The van der Waals surface area contributed by atoms with E-state index in [4.69, 9.17) is 0 Å². The molecule has 118 valence electrons. The Labute approximate surface area is 132 Å². The van der Waals surface area contributed by atoms with Crippen LogP contribution in [0.3, 0.4) is 0 Å². The molecule has 0 saturated carbocycles. The molecule has 0 aliphatic rings. The molecule has 1 aromatic rings. The van der Waals surface area contributed by atoms with Crippen molar-refractivity contribution >= 4 is 24.2 Å². The zero-order valence-electron chi connectivity index (χ0n) is 12.7. The van der Waals surface area contributed by atoms with Gasteiger partial charge in [-0.3, -0.25) is 9.59 Å². The standard InChI is InChI=1S/C15H23N3O2.ClH/c1-4-8-17-14(19)12-6-5-7-13(9-12)15(20)18-10-11(2)16-3;/h5-7,9,11,16H,4,8,10H2,1-3H3,(H,17,19)(H,18,20);1H. The third kappa shape index (κ3) is 6.60. The number of carbonyl (C=O) groups excluding carboxylic acids is 2. The van der Waals surface area contributed by atoms with E-state index >= 15 is 0 Å². The van der Waals surface area contributed by atoms with Crippen molar-refractivity contribution in [3.8, 4) is 0 Å².